The highest BCUT2D eigenvalue weighted by Crippen LogP contribution is 2.18. The van der Waals surface area contributed by atoms with Crippen LogP contribution in [0.25, 0.3) is 0 Å². The molecular formula is C6H7F3O3. The predicted molar refractivity (Wildman–Crippen MR) is 32.0 cm³/mol. The van der Waals surface area contributed by atoms with E-state index in [0.717, 1.165) is 13.8 Å². The number of ketones is 1. The van der Waals surface area contributed by atoms with Crippen LogP contribution in [0.1, 0.15) is 13.8 Å². The van der Waals surface area contributed by atoms with Crippen molar-refractivity contribution in [3.8, 4) is 0 Å². The standard InChI is InChI=1S/C6H7F3O3/c1-3(4(2)10)5(11)12-6(7,8)9/h3H,1-2H3. The van der Waals surface area contributed by atoms with Gasteiger partial charge in [-0.3, -0.25) is 9.59 Å². The zero-order valence-corrected chi connectivity index (χ0v) is 6.44. The topological polar surface area (TPSA) is 43.4 Å². The van der Waals surface area contributed by atoms with Gasteiger partial charge >= 0.3 is 12.3 Å². The minimum absolute atomic E-state index is 0.663. The number of hydrogen-bond acceptors (Lipinski definition) is 3. The molecule has 0 aliphatic heterocycles. The van der Waals surface area contributed by atoms with Gasteiger partial charge < -0.3 is 4.74 Å². The fourth-order valence-corrected chi connectivity index (χ4v) is 0.368. The second kappa shape index (κ2) is 3.55. The van der Waals surface area contributed by atoms with Crippen molar-refractivity contribution in [2.45, 2.75) is 20.2 Å². The number of hydrogen-bond donors (Lipinski definition) is 0. The molecule has 0 aliphatic rings. The van der Waals surface area contributed by atoms with E-state index < -0.39 is 24.0 Å². The number of carbonyl (C=O) groups is 2. The molecule has 0 aliphatic carbocycles. The Balaban J connectivity index is 4.15. The van der Waals surface area contributed by atoms with Crippen LogP contribution in [0.5, 0.6) is 0 Å². The van der Waals surface area contributed by atoms with Gasteiger partial charge in [0.1, 0.15) is 11.7 Å². The molecule has 0 N–H and O–H groups in total. The van der Waals surface area contributed by atoms with Gasteiger partial charge in [0.2, 0.25) is 0 Å². The number of carbonyl (C=O) groups excluding carboxylic acids is 2. The fraction of sp³-hybridized carbons (Fsp3) is 0.667. The number of esters is 1. The van der Waals surface area contributed by atoms with E-state index in [2.05, 4.69) is 4.74 Å². The quantitative estimate of drug-likeness (QED) is 0.479. The Bertz CT molecular complexity index is 197. The lowest BCUT2D eigenvalue weighted by Gasteiger charge is -2.09. The molecule has 0 radical (unpaired) electrons. The number of Topliss-reactive ketones (excluding diaryl/α,β-unsaturated/α-hetero) is 1. The van der Waals surface area contributed by atoms with Gasteiger partial charge in [-0.25, -0.2) is 0 Å². The molecule has 0 aromatic carbocycles. The molecule has 0 spiro atoms. The summed E-state index contributed by atoms with van der Waals surface area (Å²) >= 11 is 0. The maximum atomic E-state index is 11.4. The van der Waals surface area contributed by atoms with E-state index in [4.69, 9.17) is 0 Å². The molecule has 0 heterocycles. The molecule has 0 fully saturated rings. The van der Waals surface area contributed by atoms with Gasteiger partial charge in [-0.05, 0) is 13.8 Å². The van der Waals surface area contributed by atoms with E-state index in [-0.39, 0.29) is 0 Å². The lowest BCUT2D eigenvalue weighted by molar-refractivity contribution is -0.307. The smallest absolute Gasteiger partial charge is 0.372 e. The lowest BCUT2D eigenvalue weighted by atomic mass is 10.1. The summed E-state index contributed by atoms with van der Waals surface area (Å²) in [6.07, 6.45) is -5.01. The van der Waals surface area contributed by atoms with Crippen LogP contribution < -0.4 is 0 Å². The molecule has 1 unspecified atom stereocenters. The van der Waals surface area contributed by atoms with Crippen molar-refractivity contribution < 1.29 is 27.5 Å². The van der Waals surface area contributed by atoms with E-state index in [1.54, 1.807) is 0 Å². The SMILES string of the molecule is CC(=O)C(C)C(=O)OC(F)(F)F. The molecule has 0 aromatic heterocycles. The van der Waals surface area contributed by atoms with Gasteiger partial charge in [-0.2, -0.15) is 0 Å². The summed E-state index contributed by atoms with van der Waals surface area (Å²) in [7, 11) is 0. The van der Waals surface area contributed by atoms with Gasteiger partial charge in [-0.1, -0.05) is 0 Å². The van der Waals surface area contributed by atoms with Gasteiger partial charge in [0, 0.05) is 0 Å². The van der Waals surface area contributed by atoms with Crippen LogP contribution in [-0.4, -0.2) is 18.1 Å². The van der Waals surface area contributed by atoms with E-state index in [0.29, 0.717) is 0 Å². The van der Waals surface area contributed by atoms with E-state index >= 15 is 0 Å². The summed E-state index contributed by atoms with van der Waals surface area (Å²) in [5, 5.41) is 0. The molecule has 3 nitrogen and oxygen atoms in total. The molecule has 0 rings (SSSR count). The Kier molecular flexibility index (Phi) is 3.24. The van der Waals surface area contributed by atoms with Crippen LogP contribution in [0.4, 0.5) is 13.2 Å². The first kappa shape index (κ1) is 10.9. The second-order valence-corrected chi connectivity index (χ2v) is 2.20. The zero-order valence-electron chi connectivity index (χ0n) is 6.44. The summed E-state index contributed by atoms with van der Waals surface area (Å²) < 4.78 is 37.1. The van der Waals surface area contributed by atoms with Crippen molar-refractivity contribution >= 4 is 11.8 Å². The van der Waals surface area contributed by atoms with Crippen LogP contribution in [-0.2, 0) is 14.3 Å². The molecule has 12 heavy (non-hydrogen) atoms. The van der Waals surface area contributed by atoms with E-state index in [9.17, 15) is 22.8 Å². The van der Waals surface area contributed by atoms with Crippen molar-refractivity contribution in [1.29, 1.82) is 0 Å². The first-order chi connectivity index (χ1) is 5.24. The fourth-order valence-electron chi connectivity index (χ4n) is 0.368. The average molecular weight is 184 g/mol. The second-order valence-electron chi connectivity index (χ2n) is 2.20. The van der Waals surface area contributed by atoms with Crippen LogP contribution in [0.15, 0.2) is 0 Å². The lowest BCUT2D eigenvalue weighted by Crippen LogP contribution is -2.27. The summed E-state index contributed by atoms with van der Waals surface area (Å²) in [6, 6.07) is 0. The van der Waals surface area contributed by atoms with Gasteiger partial charge in [0.25, 0.3) is 0 Å². The predicted octanol–water partition coefficient (Wildman–Crippen LogP) is 1.27. The third-order valence-corrected chi connectivity index (χ3v) is 1.18. The van der Waals surface area contributed by atoms with E-state index in [1.807, 2.05) is 0 Å². The molecule has 1 atom stereocenters. The normalized spacial score (nSPS) is 13.8. The highest BCUT2D eigenvalue weighted by Gasteiger charge is 2.36. The van der Waals surface area contributed by atoms with Crippen molar-refractivity contribution in [2.75, 3.05) is 0 Å². The molecule has 0 bridgehead atoms. The Morgan fingerprint density at radius 2 is 1.75 bits per heavy atom. The van der Waals surface area contributed by atoms with Gasteiger partial charge in [-0.15, -0.1) is 13.2 Å². The molecular weight excluding hydrogens is 177 g/mol. The summed E-state index contributed by atoms with van der Waals surface area (Å²) in [5.74, 6) is -3.61. The Hall–Kier alpha value is -1.07. The molecule has 6 heteroatoms. The summed E-state index contributed by atoms with van der Waals surface area (Å²) in [5.41, 5.74) is 0. The van der Waals surface area contributed by atoms with Crippen molar-refractivity contribution in [3.05, 3.63) is 0 Å². The van der Waals surface area contributed by atoms with Crippen LogP contribution in [0.2, 0.25) is 0 Å². The highest BCUT2D eigenvalue weighted by atomic mass is 19.4. The van der Waals surface area contributed by atoms with Crippen molar-refractivity contribution in [3.63, 3.8) is 0 Å². The summed E-state index contributed by atoms with van der Waals surface area (Å²) in [4.78, 5) is 20.8. The van der Waals surface area contributed by atoms with Gasteiger partial charge in [0.05, 0.1) is 0 Å². The van der Waals surface area contributed by atoms with E-state index in [1.165, 1.54) is 0 Å². The Morgan fingerprint density at radius 3 is 2.00 bits per heavy atom. The average Bonchev–Trinajstić information content (AvgIpc) is 1.82. The van der Waals surface area contributed by atoms with Crippen LogP contribution in [0, 0.1) is 5.92 Å². The minimum atomic E-state index is -5.01. The first-order valence-corrected chi connectivity index (χ1v) is 3.04. The minimum Gasteiger partial charge on any atom is -0.372 e. The number of ether oxygens (including phenoxy) is 1. The molecule has 0 aromatic rings. The molecule has 0 amide bonds. The third-order valence-electron chi connectivity index (χ3n) is 1.18. The van der Waals surface area contributed by atoms with Crippen molar-refractivity contribution in [2.24, 2.45) is 5.92 Å². The van der Waals surface area contributed by atoms with Crippen LogP contribution >= 0.6 is 0 Å². The largest absolute Gasteiger partial charge is 0.575 e. The summed E-state index contributed by atoms with van der Waals surface area (Å²) in [6.45, 7) is 2.07. The number of rotatable bonds is 2. The number of halogens is 3. The maximum Gasteiger partial charge on any atom is 0.575 e. The third kappa shape index (κ3) is 3.95. The first-order valence-electron chi connectivity index (χ1n) is 3.04. The maximum absolute atomic E-state index is 11.4. The molecule has 0 saturated heterocycles. The monoisotopic (exact) mass is 184 g/mol. The van der Waals surface area contributed by atoms with Crippen molar-refractivity contribution in [1.82, 2.24) is 0 Å². The Labute approximate surface area is 66.5 Å². The number of alkyl halides is 3. The highest BCUT2D eigenvalue weighted by molar-refractivity contribution is 5.97. The zero-order chi connectivity index (χ0) is 9.94. The molecule has 70 valence electrons. The van der Waals surface area contributed by atoms with Crippen LogP contribution in [0.3, 0.4) is 0 Å². The molecule has 0 saturated carbocycles. The van der Waals surface area contributed by atoms with Gasteiger partial charge in [0.15, 0.2) is 0 Å². The Morgan fingerprint density at radius 1 is 1.33 bits per heavy atom.